The van der Waals surface area contributed by atoms with E-state index in [2.05, 4.69) is 22.5 Å². The number of nitrogens with zero attached hydrogens (tertiary/aromatic N) is 1. The summed E-state index contributed by atoms with van der Waals surface area (Å²) in [5.74, 6) is 6.85. The minimum Gasteiger partial charge on any atom is -0.308 e. The van der Waals surface area contributed by atoms with Gasteiger partial charge >= 0.3 is 0 Å². The molecule has 3 nitrogen and oxygen atoms in total. The number of thioether (sulfide) groups is 1. The average molecular weight is 231 g/mol. The van der Waals surface area contributed by atoms with Gasteiger partial charge in [-0.05, 0) is 23.8 Å². The Labute approximate surface area is 99.1 Å². The number of nitrogens with one attached hydrogen (secondary N) is 1. The number of hydrogen-bond acceptors (Lipinski definition) is 4. The molecule has 0 saturated carbocycles. The van der Waals surface area contributed by atoms with Crippen molar-refractivity contribution in [3.8, 4) is 0 Å². The van der Waals surface area contributed by atoms with Crippen molar-refractivity contribution in [1.82, 2.24) is 4.98 Å². The predicted molar refractivity (Wildman–Crippen MR) is 68.1 cm³/mol. The van der Waals surface area contributed by atoms with E-state index < -0.39 is 0 Å². The number of hydrogen-bond donors (Lipinski definition) is 2. The largest absolute Gasteiger partial charge is 0.308 e. The summed E-state index contributed by atoms with van der Waals surface area (Å²) in [5.41, 5.74) is 3.70. The van der Waals surface area contributed by atoms with Gasteiger partial charge in [-0.1, -0.05) is 24.3 Å². The Morgan fingerprint density at radius 3 is 2.56 bits per heavy atom. The van der Waals surface area contributed by atoms with Crippen LogP contribution in [0.1, 0.15) is 5.56 Å². The molecule has 2 rings (SSSR count). The summed E-state index contributed by atoms with van der Waals surface area (Å²) >= 11 is 1.80. The molecule has 0 unspecified atom stereocenters. The summed E-state index contributed by atoms with van der Waals surface area (Å²) in [5, 5.41) is 0. The Bertz CT molecular complexity index is 428. The van der Waals surface area contributed by atoms with Crippen LogP contribution >= 0.6 is 11.8 Å². The monoisotopic (exact) mass is 231 g/mol. The third kappa shape index (κ3) is 2.98. The van der Waals surface area contributed by atoms with E-state index in [1.807, 2.05) is 36.5 Å². The number of anilines is 1. The first-order valence-corrected chi connectivity index (χ1v) is 5.96. The third-order valence-electron chi connectivity index (χ3n) is 2.12. The van der Waals surface area contributed by atoms with Crippen LogP contribution in [-0.2, 0) is 5.75 Å². The van der Waals surface area contributed by atoms with Crippen LogP contribution in [0.2, 0.25) is 0 Å². The molecule has 3 N–H and O–H groups in total. The van der Waals surface area contributed by atoms with E-state index in [0.29, 0.717) is 5.82 Å². The van der Waals surface area contributed by atoms with Crippen molar-refractivity contribution >= 4 is 17.6 Å². The molecule has 16 heavy (non-hydrogen) atoms. The Hall–Kier alpha value is -1.52. The molecule has 0 aliphatic heterocycles. The molecule has 0 aliphatic rings. The maximum Gasteiger partial charge on any atom is 0.139 e. The first-order chi connectivity index (χ1) is 7.88. The molecule has 0 bridgehead atoms. The summed E-state index contributed by atoms with van der Waals surface area (Å²) in [4.78, 5) is 5.43. The summed E-state index contributed by atoms with van der Waals surface area (Å²) < 4.78 is 0. The van der Waals surface area contributed by atoms with Gasteiger partial charge in [-0.25, -0.2) is 10.8 Å². The molecular formula is C12H13N3S. The SMILES string of the molecule is NNc1ccc(CSc2ccccc2)cn1. The second-order valence-corrected chi connectivity index (χ2v) is 4.35. The lowest BCUT2D eigenvalue weighted by Crippen LogP contribution is -2.08. The number of aromatic nitrogens is 1. The maximum atomic E-state index is 5.25. The summed E-state index contributed by atoms with van der Waals surface area (Å²) in [7, 11) is 0. The van der Waals surface area contributed by atoms with Crippen LogP contribution in [0.4, 0.5) is 5.82 Å². The van der Waals surface area contributed by atoms with Crippen molar-refractivity contribution in [3.63, 3.8) is 0 Å². The Morgan fingerprint density at radius 2 is 1.94 bits per heavy atom. The highest BCUT2D eigenvalue weighted by atomic mass is 32.2. The Balaban J connectivity index is 1.94. The van der Waals surface area contributed by atoms with Crippen LogP contribution in [0.5, 0.6) is 0 Å². The van der Waals surface area contributed by atoms with Crippen molar-refractivity contribution < 1.29 is 0 Å². The Morgan fingerprint density at radius 1 is 1.12 bits per heavy atom. The van der Waals surface area contributed by atoms with Gasteiger partial charge in [-0.3, -0.25) is 0 Å². The van der Waals surface area contributed by atoms with Crippen LogP contribution < -0.4 is 11.3 Å². The third-order valence-corrected chi connectivity index (χ3v) is 3.20. The molecule has 0 fully saturated rings. The lowest BCUT2D eigenvalue weighted by Gasteiger charge is -2.03. The molecule has 2 aromatic rings. The zero-order valence-corrected chi connectivity index (χ0v) is 9.58. The normalized spacial score (nSPS) is 10.1. The summed E-state index contributed by atoms with van der Waals surface area (Å²) in [6, 6.07) is 14.2. The van der Waals surface area contributed by atoms with Gasteiger partial charge in [-0.2, -0.15) is 0 Å². The van der Waals surface area contributed by atoms with Gasteiger partial charge < -0.3 is 5.43 Å². The molecule has 0 amide bonds. The Kier molecular flexibility index (Phi) is 3.80. The van der Waals surface area contributed by atoms with Crippen LogP contribution in [-0.4, -0.2) is 4.98 Å². The second-order valence-electron chi connectivity index (χ2n) is 3.30. The van der Waals surface area contributed by atoms with Crippen molar-refractivity contribution in [2.24, 2.45) is 5.84 Å². The molecule has 1 aromatic carbocycles. The van der Waals surface area contributed by atoms with E-state index in [-0.39, 0.29) is 0 Å². The van der Waals surface area contributed by atoms with E-state index in [9.17, 15) is 0 Å². The fourth-order valence-electron chi connectivity index (χ4n) is 1.28. The number of nitrogen functional groups attached to an aromatic ring is 1. The number of hydrazine groups is 1. The molecule has 0 spiro atoms. The number of pyridine rings is 1. The fraction of sp³-hybridized carbons (Fsp3) is 0.0833. The number of benzene rings is 1. The lowest BCUT2D eigenvalue weighted by molar-refractivity contribution is 1.19. The fourth-order valence-corrected chi connectivity index (χ4v) is 2.13. The van der Waals surface area contributed by atoms with Gasteiger partial charge in [-0.15, -0.1) is 11.8 Å². The number of rotatable bonds is 4. The van der Waals surface area contributed by atoms with Gasteiger partial charge in [0, 0.05) is 16.8 Å². The predicted octanol–water partition coefficient (Wildman–Crippen LogP) is 2.66. The highest BCUT2D eigenvalue weighted by Gasteiger charge is 1.96. The molecule has 1 heterocycles. The van der Waals surface area contributed by atoms with Gasteiger partial charge in [0.15, 0.2) is 0 Å². The average Bonchev–Trinajstić information content (AvgIpc) is 2.38. The van der Waals surface area contributed by atoms with E-state index in [0.717, 1.165) is 5.75 Å². The second kappa shape index (κ2) is 5.53. The van der Waals surface area contributed by atoms with Gasteiger partial charge in [0.2, 0.25) is 0 Å². The first-order valence-electron chi connectivity index (χ1n) is 4.98. The standard InChI is InChI=1S/C12H13N3S/c13-15-12-7-6-10(8-14-12)9-16-11-4-2-1-3-5-11/h1-8H,9,13H2,(H,14,15). The minimum absolute atomic E-state index is 0.688. The highest BCUT2D eigenvalue weighted by molar-refractivity contribution is 7.98. The lowest BCUT2D eigenvalue weighted by atomic mass is 10.3. The van der Waals surface area contributed by atoms with Crippen LogP contribution in [0.15, 0.2) is 53.6 Å². The van der Waals surface area contributed by atoms with Crippen LogP contribution in [0, 0.1) is 0 Å². The molecule has 0 atom stereocenters. The van der Waals surface area contributed by atoms with Crippen LogP contribution in [0.25, 0.3) is 0 Å². The molecule has 0 radical (unpaired) electrons. The van der Waals surface area contributed by atoms with Crippen molar-refractivity contribution in [2.45, 2.75) is 10.6 Å². The van der Waals surface area contributed by atoms with Crippen molar-refractivity contribution in [1.29, 1.82) is 0 Å². The van der Waals surface area contributed by atoms with E-state index in [1.54, 1.807) is 11.8 Å². The van der Waals surface area contributed by atoms with Crippen molar-refractivity contribution in [3.05, 3.63) is 54.2 Å². The quantitative estimate of drug-likeness (QED) is 0.482. The molecular weight excluding hydrogens is 218 g/mol. The van der Waals surface area contributed by atoms with Crippen molar-refractivity contribution in [2.75, 3.05) is 5.43 Å². The first kappa shape index (κ1) is 11.0. The van der Waals surface area contributed by atoms with Gasteiger partial charge in [0.1, 0.15) is 5.82 Å². The van der Waals surface area contributed by atoms with E-state index in [1.165, 1.54) is 10.5 Å². The van der Waals surface area contributed by atoms with E-state index >= 15 is 0 Å². The molecule has 0 aliphatic carbocycles. The zero-order chi connectivity index (χ0) is 11.2. The molecule has 1 aromatic heterocycles. The molecule has 4 heteroatoms. The molecule has 0 saturated heterocycles. The molecule has 82 valence electrons. The highest BCUT2D eigenvalue weighted by Crippen LogP contribution is 2.21. The van der Waals surface area contributed by atoms with Gasteiger partial charge in [0.05, 0.1) is 0 Å². The van der Waals surface area contributed by atoms with Crippen LogP contribution in [0.3, 0.4) is 0 Å². The minimum atomic E-state index is 0.688. The maximum absolute atomic E-state index is 5.25. The zero-order valence-electron chi connectivity index (χ0n) is 8.76. The van der Waals surface area contributed by atoms with E-state index in [4.69, 9.17) is 5.84 Å². The summed E-state index contributed by atoms with van der Waals surface area (Å²) in [6.45, 7) is 0. The smallest absolute Gasteiger partial charge is 0.139 e. The topological polar surface area (TPSA) is 50.9 Å². The number of nitrogens with two attached hydrogens (primary N) is 1. The van der Waals surface area contributed by atoms with Gasteiger partial charge in [0.25, 0.3) is 0 Å². The summed E-state index contributed by atoms with van der Waals surface area (Å²) in [6.07, 6.45) is 1.84.